The average molecular weight is 533 g/mol. The van der Waals surface area contributed by atoms with E-state index in [1.54, 1.807) is 6.92 Å². The van der Waals surface area contributed by atoms with Crippen molar-refractivity contribution in [2.75, 3.05) is 17.2 Å². The van der Waals surface area contributed by atoms with E-state index in [0.717, 1.165) is 65.8 Å². The molecule has 2 heterocycles. The van der Waals surface area contributed by atoms with Gasteiger partial charge in [-0.2, -0.15) is 0 Å². The number of carbonyl (C=O) groups excluding carboxylic acids is 4. The van der Waals surface area contributed by atoms with Crippen LogP contribution in [0.5, 0.6) is 0 Å². The fraction of sp³-hybridized carbons (Fsp3) is 0.538. The molecule has 0 saturated heterocycles. The SMILES string of the molecule is CCOC(=O)c1c(NC(=O)[C@H](C)OC(=O)c2c(NC(C)=O)sc3c2CCCC3)sc2c1CC[C@H](C)C2. The maximum Gasteiger partial charge on any atom is 0.342 e. The molecule has 2 aliphatic carbocycles. The van der Waals surface area contributed by atoms with Crippen LogP contribution in [0.4, 0.5) is 10.0 Å². The van der Waals surface area contributed by atoms with Crippen LogP contribution in [0.15, 0.2) is 0 Å². The van der Waals surface area contributed by atoms with E-state index in [1.807, 2.05) is 0 Å². The molecule has 2 N–H and O–H groups in total. The Morgan fingerprint density at radius 2 is 1.58 bits per heavy atom. The fourth-order valence-corrected chi connectivity index (χ4v) is 7.50. The second-order valence-electron chi connectivity index (χ2n) is 9.41. The minimum Gasteiger partial charge on any atom is -0.462 e. The number of carbonyl (C=O) groups is 4. The van der Waals surface area contributed by atoms with Gasteiger partial charge in [0.15, 0.2) is 6.10 Å². The van der Waals surface area contributed by atoms with E-state index in [1.165, 1.54) is 36.5 Å². The highest BCUT2D eigenvalue weighted by molar-refractivity contribution is 7.17. The fourth-order valence-electron chi connectivity index (χ4n) is 4.77. The molecule has 0 fully saturated rings. The van der Waals surface area contributed by atoms with Gasteiger partial charge in [0.05, 0.1) is 17.7 Å². The number of hydrogen-bond donors (Lipinski definition) is 2. The minimum absolute atomic E-state index is 0.239. The molecule has 2 aliphatic rings. The Bertz CT molecular complexity index is 1200. The lowest BCUT2D eigenvalue weighted by atomic mass is 9.88. The van der Waals surface area contributed by atoms with Crippen LogP contribution in [0, 0.1) is 5.92 Å². The molecular weight excluding hydrogens is 500 g/mol. The number of ether oxygens (including phenoxy) is 2. The van der Waals surface area contributed by atoms with Crippen LogP contribution in [0.3, 0.4) is 0 Å². The van der Waals surface area contributed by atoms with E-state index < -0.39 is 23.9 Å². The number of hydrogen-bond acceptors (Lipinski definition) is 8. The first-order chi connectivity index (χ1) is 17.2. The molecule has 0 unspecified atom stereocenters. The quantitative estimate of drug-likeness (QED) is 0.478. The highest BCUT2D eigenvalue weighted by atomic mass is 32.1. The Hall–Kier alpha value is -2.72. The van der Waals surface area contributed by atoms with Crippen LogP contribution in [0.25, 0.3) is 0 Å². The molecule has 2 aromatic heterocycles. The summed E-state index contributed by atoms with van der Waals surface area (Å²) in [6, 6.07) is 0. The first kappa shape index (κ1) is 26.3. The van der Waals surface area contributed by atoms with Crippen molar-refractivity contribution in [1.82, 2.24) is 0 Å². The molecule has 0 saturated carbocycles. The Morgan fingerprint density at radius 1 is 0.944 bits per heavy atom. The summed E-state index contributed by atoms with van der Waals surface area (Å²) in [6.45, 7) is 7.06. The number of nitrogens with one attached hydrogen (secondary N) is 2. The molecule has 10 heteroatoms. The van der Waals surface area contributed by atoms with Gasteiger partial charge < -0.3 is 20.1 Å². The van der Waals surface area contributed by atoms with E-state index >= 15 is 0 Å². The van der Waals surface area contributed by atoms with Crippen molar-refractivity contribution in [2.24, 2.45) is 5.92 Å². The van der Waals surface area contributed by atoms with Crippen molar-refractivity contribution >= 4 is 56.4 Å². The Balaban J connectivity index is 1.53. The van der Waals surface area contributed by atoms with Gasteiger partial charge in [0.1, 0.15) is 10.0 Å². The van der Waals surface area contributed by atoms with Crippen LogP contribution < -0.4 is 10.6 Å². The van der Waals surface area contributed by atoms with E-state index in [-0.39, 0.29) is 12.5 Å². The molecule has 4 rings (SSSR count). The standard InChI is InChI=1S/C26H32N2O6S2/c1-5-33-25(31)20-17-11-10-13(2)12-19(17)36-24(20)28-22(30)14(3)34-26(32)21-16-8-6-7-9-18(16)35-23(21)27-15(4)29/h13-14H,5-12H2,1-4H3,(H,27,29)(H,28,30)/t13-,14-/m0/s1. The van der Waals surface area contributed by atoms with E-state index in [9.17, 15) is 19.2 Å². The van der Waals surface area contributed by atoms with Gasteiger partial charge in [-0.15, -0.1) is 22.7 Å². The number of rotatable bonds is 7. The van der Waals surface area contributed by atoms with Gasteiger partial charge in [-0.1, -0.05) is 6.92 Å². The predicted molar refractivity (Wildman–Crippen MR) is 140 cm³/mol. The number of amides is 2. The average Bonchev–Trinajstić information content (AvgIpc) is 3.35. The van der Waals surface area contributed by atoms with Crippen LogP contribution in [-0.2, 0) is 44.7 Å². The molecule has 36 heavy (non-hydrogen) atoms. The van der Waals surface area contributed by atoms with Crippen molar-refractivity contribution in [2.45, 2.75) is 78.7 Å². The van der Waals surface area contributed by atoms with Crippen molar-refractivity contribution in [3.05, 3.63) is 32.0 Å². The lowest BCUT2D eigenvalue weighted by Gasteiger charge is -2.18. The monoisotopic (exact) mass is 532 g/mol. The van der Waals surface area contributed by atoms with Crippen molar-refractivity contribution < 1.29 is 28.7 Å². The third-order valence-electron chi connectivity index (χ3n) is 6.55. The van der Waals surface area contributed by atoms with Gasteiger partial charge in [0.25, 0.3) is 5.91 Å². The van der Waals surface area contributed by atoms with Crippen LogP contribution in [0.1, 0.15) is 88.6 Å². The summed E-state index contributed by atoms with van der Waals surface area (Å²) in [6.07, 6.45) is 5.06. The molecule has 8 nitrogen and oxygen atoms in total. The van der Waals surface area contributed by atoms with E-state index in [2.05, 4.69) is 17.6 Å². The third-order valence-corrected chi connectivity index (χ3v) is 8.92. The topological polar surface area (TPSA) is 111 Å². The van der Waals surface area contributed by atoms with Crippen molar-refractivity contribution in [3.63, 3.8) is 0 Å². The minimum atomic E-state index is -1.10. The highest BCUT2D eigenvalue weighted by Gasteiger charge is 2.32. The lowest BCUT2D eigenvalue weighted by molar-refractivity contribution is -0.123. The number of anilines is 2. The summed E-state index contributed by atoms with van der Waals surface area (Å²) < 4.78 is 10.8. The Morgan fingerprint density at radius 3 is 2.31 bits per heavy atom. The van der Waals surface area contributed by atoms with Crippen LogP contribution in [0.2, 0.25) is 0 Å². The van der Waals surface area contributed by atoms with E-state index in [0.29, 0.717) is 27.0 Å². The first-order valence-electron chi connectivity index (χ1n) is 12.4. The maximum atomic E-state index is 13.2. The maximum absolute atomic E-state index is 13.2. The zero-order valence-corrected chi connectivity index (χ0v) is 22.7. The number of fused-ring (bicyclic) bond motifs is 2. The number of esters is 2. The van der Waals surface area contributed by atoms with Crippen molar-refractivity contribution in [1.29, 1.82) is 0 Å². The molecule has 2 atom stereocenters. The van der Waals surface area contributed by atoms with Gasteiger partial charge in [-0.25, -0.2) is 9.59 Å². The molecule has 0 bridgehead atoms. The first-order valence-corrected chi connectivity index (χ1v) is 14.1. The van der Waals surface area contributed by atoms with Crippen molar-refractivity contribution in [3.8, 4) is 0 Å². The zero-order chi connectivity index (χ0) is 26.0. The third kappa shape index (κ3) is 5.49. The largest absolute Gasteiger partial charge is 0.462 e. The highest BCUT2D eigenvalue weighted by Crippen LogP contribution is 2.41. The summed E-state index contributed by atoms with van der Waals surface area (Å²) in [7, 11) is 0. The molecule has 2 amide bonds. The second-order valence-corrected chi connectivity index (χ2v) is 11.6. The summed E-state index contributed by atoms with van der Waals surface area (Å²) >= 11 is 2.79. The molecule has 0 spiro atoms. The Labute approximate surface area is 218 Å². The van der Waals surface area contributed by atoms with Crippen LogP contribution >= 0.6 is 22.7 Å². The smallest absolute Gasteiger partial charge is 0.342 e. The number of aryl methyl sites for hydroxylation is 1. The normalized spacial score (nSPS) is 17.4. The Kier molecular flexibility index (Phi) is 8.14. The van der Waals surface area contributed by atoms with Gasteiger partial charge in [-0.3, -0.25) is 9.59 Å². The molecule has 194 valence electrons. The van der Waals surface area contributed by atoms with E-state index in [4.69, 9.17) is 9.47 Å². The lowest BCUT2D eigenvalue weighted by Crippen LogP contribution is -2.30. The molecule has 0 aromatic carbocycles. The molecule has 2 aromatic rings. The molecule has 0 aliphatic heterocycles. The zero-order valence-electron chi connectivity index (χ0n) is 21.1. The van der Waals surface area contributed by atoms with Gasteiger partial charge in [-0.05, 0) is 75.8 Å². The molecule has 0 radical (unpaired) electrons. The molecular formula is C26H32N2O6S2. The summed E-state index contributed by atoms with van der Waals surface area (Å²) in [5, 5.41) is 6.47. The van der Waals surface area contributed by atoms with Gasteiger partial charge in [0.2, 0.25) is 5.91 Å². The van der Waals surface area contributed by atoms with Crippen LogP contribution in [-0.4, -0.2) is 36.5 Å². The summed E-state index contributed by atoms with van der Waals surface area (Å²) in [4.78, 5) is 52.9. The summed E-state index contributed by atoms with van der Waals surface area (Å²) in [5.41, 5.74) is 2.60. The predicted octanol–water partition coefficient (Wildman–Crippen LogP) is 5.13. The number of thiophene rings is 2. The van der Waals surface area contributed by atoms with Gasteiger partial charge in [0, 0.05) is 16.7 Å². The second kappa shape index (κ2) is 11.1. The summed E-state index contributed by atoms with van der Waals surface area (Å²) in [5.74, 6) is -1.37. The van der Waals surface area contributed by atoms with Gasteiger partial charge >= 0.3 is 11.9 Å².